The number of likely N-dealkylation sites (N-methyl/N-ethyl adjacent to an activating group) is 1. The topological polar surface area (TPSA) is 70.0 Å². The van der Waals surface area contributed by atoms with E-state index in [1.54, 1.807) is 6.33 Å². The zero-order chi connectivity index (χ0) is 13.2. The lowest BCUT2D eigenvalue weighted by atomic mass is 9.98. The molecule has 0 bridgehead atoms. The van der Waals surface area contributed by atoms with Gasteiger partial charge in [0.25, 0.3) is 0 Å². The molecule has 0 spiro atoms. The molecule has 102 valence electrons. The quantitative estimate of drug-likeness (QED) is 0.764. The van der Waals surface area contributed by atoms with E-state index in [2.05, 4.69) is 39.4 Å². The van der Waals surface area contributed by atoms with Gasteiger partial charge in [0, 0.05) is 31.7 Å². The SMILES string of the molecule is CN1CCNCC1CC(N)c1ccc2nc[nH]c2c1. The summed E-state index contributed by atoms with van der Waals surface area (Å²) < 4.78 is 0. The molecular weight excluding hydrogens is 238 g/mol. The van der Waals surface area contributed by atoms with Crippen LogP contribution in [0, 0.1) is 0 Å². The number of hydrogen-bond donors (Lipinski definition) is 3. The van der Waals surface area contributed by atoms with Crippen LogP contribution in [0.25, 0.3) is 11.0 Å². The Hall–Kier alpha value is -1.43. The maximum absolute atomic E-state index is 6.36. The van der Waals surface area contributed by atoms with Gasteiger partial charge in [-0.2, -0.15) is 0 Å². The Balaban J connectivity index is 1.73. The van der Waals surface area contributed by atoms with E-state index in [-0.39, 0.29) is 6.04 Å². The van der Waals surface area contributed by atoms with Gasteiger partial charge in [-0.05, 0) is 31.2 Å². The lowest BCUT2D eigenvalue weighted by molar-refractivity contribution is 0.182. The summed E-state index contributed by atoms with van der Waals surface area (Å²) in [5.41, 5.74) is 9.59. The third-order valence-electron chi connectivity index (χ3n) is 4.04. The van der Waals surface area contributed by atoms with Crippen molar-refractivity contribution in [3.05, 3.63) is 30.1 Å². The predicted octanol–water partition coefficient (Wildman–Crippen LogP) is 0.856. The number of nitrogens with zero attached hydrogens (tertiary/aromatic N) is 2. The van der Waals surface area contributed by atoms with Crippen LogP contribution in [-0.2, 0) is 0 Å². The molecule has 1 aliphatic heterocycles. The summed E-state index contributed by atoms with van der Waals surface area (Å²) in [4.78, 5) is 9.76. The minimum atomic E-state index is 0.0695. The maximum atomic E-state index is 6.36. The van der Waals surface area contributed by atoms with Gasteiger partial charge in [-0.1, -0.05) is 6.07 Å². The molecule has 1 aromatic carbocycles. The van der Waals surface area contributed by atoms with E-state index in [0.29, 0.717) is 6.04 Å². The number of hydrogen-bond acceptors (Lipinski definition) is 4. The monoisotopic (exact) mass is 259 g/mol. The molecule has 19 heavy (non-hydrogen) atoms. The van der Waals surface area contributed by atoms with E-state index in [9.17, 15) is 0 Å². The van der Waals surface area contributed by atoms with Crippen molar-refractivity contribution in [1.29, 1.82) is 0 Å². The first kappa shape index (κ1) is 12.6. The van der Waals surface area contributed by atoms with Crippen LogP contribution in [0.5, 0.6) is 0 Å². The first-order chi connectivity index (χ1) is 9.24. The highest BCUT2D eigenvalue weighted by Crippen LogP contribution is 2.21. The van der Waals surface area contributed by atoms with Crippen molar-refractivity contribution in [2.75, 3.05) is 26.7 Å². The third-order valence-corrected chi connectivity index (χ3v) is 4.04. The van der Waals surface area contributed by atoms with Gasteiger partial charge in [0.1, 0.15) is 0 Å². The van der Waals surface area contributed by atoms with E-state index in [1.807, 2.05) is 6.07 Å². The molecule has 0 aliphatic carbocycles. The van der Waals surface area contributed by atoms with E-state index in [4.69, 9.17) is 5.73 Å². The highest BCUT2D eigenvalue weighted by atomic mass is 15.2. The minimum absolute atomic E-state index is 0.0695. The molecule has 0 amide bonds. The number of fused-ring (bicyclic) bond motifs is 1. The first-order valence-electron chi connectivity index (χ1n) is 6.83. The number of H-pyrrole nitrogens is 1. The summed E-state index contributed by atoms with van der Waals surface area (Å²) in [5.74, 6) is 0. The van der Waals surface area contributed by atoms with Crippen molar-refractivity contribution in [1.82, 2.24) is 20.2 Å². The van der Waals surface area contributed by atoms with Gasteiger partial charge in [-0.25, -0.2) is 4.98 Å². The summed E-state index contributed by atoms with van der Waals surface area (Å²) >= 11 is 0. The standard InChI is InChI=1S/C14H21N5/c1-19-5-4-16-8-11(19)7-12(15)10-2-3-13-14(6-10)18-9-17-13/h2-3,6,9,11-12,16H,4-5,7-8,15H2,1H3,(H,17,18). The average Bonchev–Trinajstić information content (AvgIpc) is 2.88. The van der Waals surface area contributed by atoms with E-state index in [1.165, 1.54) is 5.56 Å². The minimum Gasteiger partial charge on any atom is -0.345 e. The number of benzene rings is 1. The van der Waals surface area contributed by atoms with Crippen LogP contribution in [0.1, 0.15) is 18.0 Å². The molecule has 2 unspecified atom stereocenters. The normalized spacial score (nSPS) is 22.7. The second-order valence-electron chi connectivity index (χ2n) is 5.36. The van der Waals surface area contributed by atoms with Crippen LogP contribution in [0.3, 0.4) is 0 Å². The van der Waals surface area contributed by atoms with Gasteiger partial charge in [-0.3, -0.25) is 0 Å². The van der Waals surface area contributed by atoms with Crippen LogP contribution in [0.4, 0.5) is 0 Å². The molecule has 1 aromatic heterocycles. The lowest BCUT2D eigenvalue weighted by Crippen LogP contribution is -2.50. The predicted molar refractivity (Wildman–Crippen MR) is 76.9 cm³/mol. The Morgan fingerprint density at radius 2 is 2.42 bits per heavy atom. The van der Waals surface area contributed by atoms with Crippen LogP contribution >= 0.6 is 0 Å². The van der Waals surface area contributed by atoms with Gasteiger partial charge in [0.15, 0.2) is 0 Å². The molecule has 5 nitrogen and oxygen atoms in total. The number of rotatable bonds is 3. The van der Waals surface area contributed by atoms with Crippen LogP contribution in [0.2, 0.25) is 0 Å². The Morgan fingerprint density at radius 3 is 3.26 bits per heavy atom. The van der Waals surface area contributed by atoms with E-state index in [0.717, 1.165) is 37.1 Å². The number of nitrogens with two attached hydrogens (primary N) is 1. The van der Waals surface area contributed by atoms with E-state index < -0.39 is 0 Å². The Labute approximate surface area is 113 Å². The molecule has 4 N–H and O–H groups in total. The number of imidazole rings is 1. The Kier molecular flexibility index (Phi) is 3.50. The molecule has 2 aromatic rings. The smallest absolute Gasteiger partial charge is 0.0931 e. The molecule has 1 saturated heterocycles. The number of aromatic nitrogens is 2. The zero-order valence-corrected chi connectivity index (χ0v) is 11.3. The Bertz CT molecular complexity index is 550. The third kappa shape index (κ3) is 2.63. The van der Waals surface area contributed by atoms with Crippen molar-refractivity contribution < 1.29 is 0 Å². The second-order valence-corrected chi connectivity index (χ2v) is 5.36. The molecule has 1 aliphatic rings. The van der Waals surface area contributed by atoms with Gasteiger partial charge < -0.3 is 20.9 Å². The Morgan fingerprint density at radius 1 is 1.53 bits per heavy atom. The molecule has 2 heterocycles. The molecule has 3 rings (SSSR count). The van der Waals surface area contributed by atoms with Crippen molar-refractivity contribution in [3.63, 3.8) is 0 Å². The molecule has 0 radical (unpaired) electrons. The largest absolute Gasteiger partial charge is 0.345 e. The summed E-state index contributed by atoms with van der Waals surface area (Å²) in [5, 5.41) is 3.43. The molecule has 0 saturated carbocycles. The lowest BCUT2D eigenvalue weighted by Gasteiger charge is -2.34. The molecule has 1 fully saturated rings. The zero-order valence-electron chi connectivity index (χ0n) is 11.3. The van der Waals surface area contributed by atoms with Gasteiger partial charge in [0.2, 0.25) is 0 Å². The number of piperazine rings is 1. The molecule has 2 atom stereocenters. The van der Waals surface area contributed by atoms with Gasteiger partial charge >= 0.3 is 0 Å². The van der Waals surface area contributed by atoms with Gasteiger partial charge in [-0.15, -0.1) is 0 Å². The first-order valence-corrected chi connectivity index (χ1v) is 6.83. The fourth-order valence-corrected chi connectivity index (χ4v) is 2.74. The summed E-state index contributed by atoms with van der Waals surface area (Å²) in [6, 6.07) is 6.82. The molecule has 5 heteroatoms. The highest BCUT2D eigenvalue weighted by molar-refractivity contribution is 5.75. The van der Waals surface area contributed by atoms with Crippen LogP contribution in [0.15, 0.2) is 24.5 Å². The molecular formula is C14H21N5. The highest BCUT2D eigenvalue weighted by Gasteiger charge is 2.21. The van der Waals surface area contributed by atoms with Crippen molar-refractivity contribution in [2.24, 2.45) is 5.73 Å². The van der Waals surface area contributed by atoms with Crippen molar-refractivity contribution in [2.45, 2.75) is 18.5 Å². The van der Waals surface area contributed by atoms with Crippen LogP contribution < -0.4 is 11.1 Å². The fraction of sp³-hybridized carbons (Fsp3) is 0.500. The average molecular weight is 259 g/mol. The van der Waals surface area contributed by atoms with Crippen molar-refractivity contribution >= 4 is 11.0 Å². The van der Waals surface area contributed by atoms with Gasteiger partial charge in [0.05, 0.1) is 17.4 Å². The van der Waals surface area contributed by atoms with E-state index >= 15 is 0 Å². The number of nitrogens with one attached hydrogen (secondary N) is 2. The number of aromatic amines is 1. The summed E-state index contributed by atoms with van der Waals surface area (Å²) in [6.45, 7) is 3.19. The summed E-state index contributed by atoms with van der Waals surface area (Å²) in [6.07, 6.45) is 2.70. The van der Waals surface area contributed by atoms with Crippen LogP contribution in [-0.4, -0.2) is 47.6 Å². The van der Waals surface area contributed by atoms with Crippen molar-refractivity contribution in [3.8, 4) is 0 Å². The maximum Gasteiger partial charge on any atom is 0.0931 e. The fourth-order valence-electron chi connectivity index (χ4n) is 2.74. The summed E-state index contributed by atoms with van der Waals surface area (Å²) in [7, 11) is 2.18. The second kappa shape index (κ2) is 5.28.